The number of aromatic nitrogens is 1. The molecule has 1 saturated heterocycles. The quantitative estimate of drug-likeness (QED) is 0.395. The van der Waals surface area contributed by atoms with E-state index in [1.807, 2.05) is 24.3 Å². The van der Waals surface area contributed by atoms with E-state index >= 15 is 0 Å². The molecule has 0 amide bonds. The Morgan fingerprint density at radius 1 is 0.857 bits per heavy atom. The lowest BCUT2D eigenvalue weighted by Crippen LogP contribution is -2.47. The van der Waals surface area contributed by atoms with Crippen molar-refractivity contribution in [2.24, 2.45) is 0 Å². The minimum atomic E-state index is -0.478. The third-order valence-corrected chi connectivity index (χ3v) is 6.39. The van der Waals surface area contributed by atoms with Crippen molar-refractivity contribution in [2.45, 2.75) is 13.6 Å². The van der Waals surface area contributed by atoms with Crippen molar-refractivity contribution in [3.05, 3.63) is 99.8 Å². The van der Waals surface area contributed by atoms with E-state index in [0.717, 1.165) is 31.9 Å². The first kappa shape index (κ1) is 22.7. The topological polar surface area (TPSA) is 75.8 Å². The highest BCUT2D eigenvalue weighted by atomic mass is 19.1. The van der Waals surface area contributed by atoms with Crippen LogP contribution in [0.2, 0.25) is 0 Å². The number of hydrogen-bond acceptors (Lipinski definition) is 6. The van der Waals surface area contributed by atoms with E-state index in [9.17, 15) is 18.8 Å². The van der Waals surface area contributed by atoms with E-state index in [1.165, 1.54) is 24.3 Å². The Balaban J connectivity index is 1.28. The minimum absolute atomic E-state index is 0.0473. The molecule has 0 N–H and O–H groups in total. The maximum absolute atomic E-state index is 13.2. The molecule has 4 aromatic rings. The molecule has 0 unspecified atom stereocenters. The van der Waals surface area contributed by atoms with Gasteiger partial charge in [-0.1, -0.05) is 0 Å². The SMILES string of the molecule is CC(=O)c1ccc(N2CCN(Cn3c(=O)oc4cc(C(=O)c5ccc(F)cc5)ccc43)CC2)cc1. The van der Waals surface area contributed by atoms with E-state index in [4.69, 9.17) is 4.42 Å². The summed E-state index contributed by atoms with van der Waals surface area (Å²) in [6.07, 6.45) is 0. The molecule has 0 bridgehead atoms. The second kappa shape index (κ2) is 9.31. The Bertz CT molecular complexity index is 1450. The third-order valence-electron chi connectivity index (χ3n) is 6.39. The van der Waals surface area contributed by atoms with Crippen LogP contribution in [0, 0.1) is 5.82 Å². The van der Waals surface area contributed by atoms with Gasteiger partial charge in [0.15, 0.2) is 17.1 Å². The summed E-state index contributed by atoms with van der Waals surface area (Å²) < 4.78 is 20.2. The molecule has 0 saturated carbocycles. The van der Waals surface area contributed by atoms with Crippen molar-refractivity contribution in [1.82, 2.24) is 9.47 Å². The van der Waals surface area contributed by atoms with E-state index in [2.05, 4.69) is 9.80 Å². The van der Waals surface area contributed by atoms with Crippen LogP contribution in [0.15, 0.2) is 75.9 Å². The average molecular weight is 474 g/mol. The van der Waals surface area contributed by atoms with Gasteiger partial charge in [-0.3, -0.25) is 19.1 Å². The number of benzene rings is 3. The smallest absolute Gasteiger partial charge is 0.408 e. The summed E-state index contributed by atoms with van der Waals surface area (Å²) in [6.45, 7) is 5.04. The number of oxazole rings is 1. The first-order chi connectivity index (χ1) is 16.9. The third kappa shape index (κ3) is 4.65. The zero-order valence-electron chi connectivity index (χ0n) is 19.2. The number of carbonyl (C=O) groups is 2. The second-order valence-corrected chi connectivity index (χ2v) is 8.66. The predicted molar refractivity (Wildman–Crippen MR) is 131 cm³/mol. The van der Waals surface area contributed by atoms with Crippen LogP contribution in [0.5, 0.6) is 0 Å². The fourth-order valence-corrected chi connectivity index (χ4v) is 4.36. The number of halogens is 1. The van der Waals surface area contributed by atoms with E-state index in [1.54, 1.807) is 29.7 Å². The second-order valence-electron chi connectivity index (χ2n) is 8.66. The van der Waals surface area contributed by atoms with Gasteiger partial charge < -0.3 is 9.32 Å². The number of nitrogens with zero attached hydrogens (tertiary/aromatic N) is 3. The predicted octanol–water partition coefficient (Wildman–Crippen LogP) is 3.95. The Hall–Kier alpha value is -4.04. The molecule has 1 fully saturated rings. The van der Waals surface area contributed by atoms with Gasteiger partial charge in [-0.05, 0) is 73.7 Å². The van der Waals surface area contributed by atoms with Gasteiger partial charge in [0.25, 0.3) is 0 Å². The van der Waals surface area contributed by atoms with Crippen LogP contribution in [0.1, 0.15) is 33.2 Å². The molecule has 0 atom stereocenters. The molecule has 5 rings (SSSR count). The van der Waals surface area contributed by atoms with Crippen molar-refractivity contribution in [2.75, 3.05) is 31.1 Å². The zero-order valence-corrected chi connectivity index (χ0v) is 19.2. The molecule has 0 radical (unpaired) electrons. The van der Waals surface area contributed by atoms with Crippen LogP contribution >= 0.6 is 0 Å². The summed E-state index contributed by atoms with van der Waals surface area (Å²) in [4.78, 5) is 41.2. The zero-order chi connectivity index (χ0) is 24.5. The summed E-state index contributed by atoms with van der Waals surface area (Å²) >= 11 is 0. The van der Waals surface area contributed by atoms with Gasteiger partial charge in [0.05, 0.1) is 12.2 Å². The number of hydrogen-bond donors (Lipinski definition) is 0. The molecule has 1 aliphatic rings. The summed E-state index contributed by atoms with van der Waals surface area (Å²) in [7, 11) is 0. The molecular weight excluding hydrogens is 449 g/mol. The summed E-state index contributed by atoms with van der Waals surface area (Å²) in [6, 6.07) is 17.9. The molecular formula is C27H24FN3O4. The highest BCUT2D eigenvalue weighted by molar-refractivity contribution is 6.10. The largest absolute Gasteiger partial charge is 0.421 e. The van der Waals surface area contributed by atoms with Crippen LogP contribution in [0.4, 0.5) is 10.1 Å². The fraction of sp³-hybridized carbons (Fsp3) is 0.222. The number of Topliss-reactive ketones (excluding diaryl/α,β-unsaturated/α-hetero) is 1. The molecule has 3 aromatic carbocycles. The summed E-state index contributed by atoms with van der Waals surface area (Å²) in [5.41, 5.74) is 3.45. The number of fused-ring (bicyclic) bond motifs is 1. The van der Waals surface area contributed by atoms with Gasteiger partial charge in [-0.2, -0.15) is 0 Å². The van der Waals surface area contributed by atoms with Gasteiger partial charge >= 0.3 is 5.76 Å². The maximum Gasteiger partial charge on any atom is 0.421 e. The van der Waals surface area contributed by atoms with Crippen molar-refractivity contribution in [3.8, 4) is 0 Å². The Morgan fingerprint density at radius 3 is 2.14 bits per heavy atom. The van der Waals surface area contributed by atoms with E-state index in [0.29, 0.717) is 34.5 Å². The molecule has 0 aliphatic carbocycles. The molecule has 0 spiro atoms. The molecule has 1 aliphatic heterocycles. The first-order valence-corrected chi connectivity index (χ1v) is 11.4. The number of ketones is 2. The lowest BCUT2D eigenvalue weighted by molar-refractivity contribution is 0.101. The highest BCUT2D eigenvalue weighted by Gasteiger charge is 2.20. The molecule has 8 heteroatoms. The molecule has 1 aromatic heterocycles. The van der Waals surface area contributed by atoms with Crippen molar-refractivity contribution in [1.29, 1.82) is 0 Å². The van der Waals surface area contributed by atoms with Gasteiger partial charge in [0, 0.05) is 48.6 Å². The van der Waals surface area contributed by atoms with Crippen LogP contribution in [-0.2, 0) is 6.67 Å². The highest BCUT2D eigenvalue weighted by Crippen LogP contribution is 2.21. The average Bonchev–Trinajstić information content (AvgIpc) is 3.18. The van der Waals surface area contributed by atoms with E-state index < -0.39 is 11.6 Å². The molecule has 7 nitrogen and oxygen atoms in total. The van der Waals surface area contributed by atoms with Crippen molar-refractivity contribution >= 4 is 28.4 Å². The number of anilines is 1. The number of piperazine rings is 1. The van der Waals surface area contributed by atoms with Gasteiger partial charge in [-0.25, -0.2) is 9.18 Å². The van der Waals surface area contributed by atoms with Gasteiger partial charge in [0.1, 0.15) is 5.82 Å². The molecule has 35 heavy (non-hydrogen) atoms. The standard InChI is InChI=1S/C27H24FN3O4/c1-18(32)19-4-9-23(10-5-19)30-14-12-29(13-15-30)17-31-24-11-6-21(16-25(24)35-27(31)34)26(33)20-2-7-22(28)8-3-20/h2-11,16H,12-15,17H2,1H3. The lowest BCUT2D eigenvalue weighted by atomic mass is 10.0. The van der Waals surface area contributed by atoms with Gasteiger partial charge in [-0.15, -0.1) is 0 Å². The first-order valence-electron chi connectivity index (χ1n) is 11.4. The normalized spacial score (nSPS) is 14.4. The Morgan fingerprint density at radius 2 is 1.49 bits per heavy atom. The van der Waals surface area contributed by atoms with Crippen molar-refractivity contribution in [3.63, 3.8) is 0 Å². The molecule has 178 valence electrons. The lowest BCUT2D eigenvalue weighted by Gasteiger charge is -2.36. The fourth-order valence-electron chi connectivity index (χ4n) is 4.36. The monoisotopic (exact) mass is 473 g/mol. The van der Waals surface area contributed by atoms with Crippen LogP contribution in [0.25, 0.3) is 11.1 Å². The Kier molecular flexibility index (Phi) is 6.05. The molecule has 2 heterocycles. The van der Waals surface area contributed by atoms with Crippen LogP contribution in [-0.4, -0.2) is 47.2 Å². The summed E-state index contributed by atoms with van der Waals surface area (Å²) in [5.74, 6) is -1.11. The van der Waals surface area contributed by atoms with Crippen LogP contribution in [0.3, 0.4) is 0 Å². The Labute approximate surface area is 201 Å². The van der Waals surface area contributed by atoms with E-state index in [-0.39, 0.29) is 11.6 Å². The maximum atomic E-state index is 13.2. The van der Waals surface area contributed by atoms with Crippen LogP contribution < -0.4 is 10.7 Å². The number of carbonyl (C=O) groups excluding carboxylic acids is 2. The number of rotatable bonds is 6. The summed E-state index contributed by atoms with van der Waals surface area (Å²) in [5, 5.41) is 0. The van der Waals surface area contributed by atoms with Crippen molar-refractivity contribution < 1.29 is 18.4 Å². The van der Waals surface area contributed by atoms with Gasteiger partial charge in [0.2, 0.25) is 0 Å². The minimum Gasteiger partial charge on any atom is -0.408 e.